The van der Waals surface area contributed by atoms with Crippen LogP contribution in [0.3, 0.4) is 0 Å². The molecule has 154 valence electrons. The minimum Gasteiger partial charge on any atom is -0.497 e. The summed E-state index contributed by atoms with van der Waals surface area (Å²) in [7, 11) is -2.46. The van der Waals surface area contributed by atoms with Crippen molar-refractivity contribution in [1.29, 1.82) is 0 Å². The van der Waals surface area contributed by atoms with Gasteiger partial charge in [-0.25, -0.2) is 13.8 Å². The van der Waals surface area contributed by atoms with Gasteiger partial charge in [-0.2, -0.15) is 5.10 Å². The summed E-state index contributed by atoms with van der Waals surface area (Å²) in [5.74, 6) is -0.0299. The van der Waals surface area contributed by atoms with Crippen molar-refractivity contribution in [1.82, 2.24) is 10.4 Å². The number of carbonyl (C=O) groups excluding carboxylic acids is 1. The summed E-state index contributed by atoms with van der Waals surface area (Å²) in [6, 6.07) is 19.6. The van der Waals surface area contributed by atoms with Gasteiger partial charge in [-0.1, -0.05) is 24.3 Å². The molecule has 1 amide bonds. The van der Waals surface area contributed by atoms with Crippen molar-refractivity contribution in [3.63, 3.8) is 0 Å². The second-order valence-electron chi connectivity index (χ2n) is 6.07. The quantitative estimate of drug-likeness (QED) is 0.442. The second-order valence-corrected chi connectivity index (χ2v) is 7.93. The number of hydrogen-bond acceptors (Lipinski definition) is 6. The molecule has 1 aromatic heterocycles. The Hall–Kier alpha value is -3.72. The fourth-order valence-corrected chi connectivity index (χ4v) is 4.01. The molecule has 0 unspecified atom stereocenters. The largest absolute Gasteiger partial charge is 0.497 e. The van der Waals surface area contributed by atoms with Crippen molar-refractivity contribution >= 4 is 27.8 Å². The van der Waals surface area contributed by atoms with E-state index in [9.17, 15) is 13.2 Å². The Balaban J connectivity index is 1.83. The molecule has 0 atom stereocenters. The topological polar surface area (TPSA) is 101 Å². The zero-order valence-electron chi connectivity index (χ0n) is 16.2. The van der Waals surface area contributed by atoms with Crippen molar-refractivity contribution in [2.75, 3.05) is 18.0 Å². The molecule has 2 aromatic carbocycles. The molecule has 1 heterocycles. The van der Waals surface area contributed by atoms with Gasteiger partial charge in [-0.15, -0.1) is 0 Å². The lowest BCUT2D eigenvalue weighted by molar-refractivity contribution is -0.119. The van der Waals surface area contributed by atoms with Crippen LogP contribution in [-0.2, 0) is 14.8 Å². The first kappa shape index (κ1) is 21.0. The highest BCUT2D eigenvalue weighted by molar-refractivity contribution is 7.92. The number of pyridine rings is 1. The van der Waals surface area contributed by atoms with E-state index < -0.39 is 22.5 Å². The summed E-state index contributed by atoms with van der Waals surface area (Å²) in [5, 5.41) is 3.84. The molecule has 3 rings (SSSR count). The zero-order valence-corrected chi connectivity index (χ0v) is 17.0. The predicted octanol–water partition coefficient (Wildman–Crippen LogP) is 2.44. The van der Waals surface area contributed by atoms with E-state index in [-0.39, 0.29) is 4.90 Å². The third kappa shape index (κ3) is 5.21. The molecule has 30 heavy (non-hydrogen) atoms. The van der Waals surface area contributed by atoms with Crippen LogP contribution in [0, 0.1) is 0 Å². The monoisotopic (exact) mass is 424 g/mol. The Morgan fingerprint density at radius 2 is 1.77 bits per heavy atom. The molecule has 3 aromatic rings. The highest BCUT2D eigenvalue weighted by atomic mass is 32.2. The third-order valence-corrected chi connectivity index (χ3v) is 5.84. The number of carbonyl (C=O) groups is 1. The van der Waals surface area contributed by atoms with Gasteiger partial charge in [-0.05, 0) is 48.5 Å². The average Bonchev–Trinajstić information content (AvgIpc) is 2.79. The molecule has 0 spiro atoms. The zero-order chi connectivity index (χ0) is 21.4. The fraction of sp³-hybridized carbons (Fsp3) is 0.0952. The highest BCUT2D eigenvalue weighted by Gasteiger charge is 2.27. The standard InChI is InChI=1S/C21H20N4O4S/c1-29-19-12-10-18(11-13-19)25(30(27,28)20-8-3-2-4-9-20)16-21(26)24-23-15-17-7-5-6-14-22-17/h2-15H,16H2,1H3,(H,24,26)/b23-15-. The van der Waals surface area contributed by atoms with Gasteiger partial charge in [0.15, 0.2) is 0 Å². The van der Waals surface area contributed by atoms with Crippen molar-refractivity contribution < 1.29 is 17.9 Å². The molecule has 0 fully saturated rings. The first-order chi connectivity index (χ1) is 14.5. The lowest BCUT2D eigenvalue weighted by Gasteiger charge is -2.23. The molecule has 0 saturated heterocycles. The van der Waals surface area contributed by atoms with E-state index in [1.807, 2.05) is 0 Å². The molecule has 0 aliphatic heterocycles. The van der Waals surface area contributed by atoms with Crippen LogP contribution in [0.2, 0.25) is 0 Å². The van der Waals surface area contributed by atoms with E-state index in [4.69, 9.17) is 4.74 Å². The minimum atomic E-state index is -3.98. The van der Waals surface area contributed by atoms with Crippen LogP contribution in [0.4, 0.5) is 5.69 Å². The molecule has 0 aliphatic rings. The van der Waals surface area contributed by atoms with Crippen molar-refractivity contribution in [2.24, 2.45) is 5.10 Å². The van der Waals surface area contributed by atoms with Gasteiger partial charge in [0.1, 0.15) is 12.3 Å². The highest BCUT2D eigenvalue weighted by Crippen LogP contribution is 2.25. The van der Waals surface area contributed by atoms with Crippen LogP contribution in [0.1, 0.15) is 5.69 Å². The number of sulfonamides is 1. The molecule has 0 aliphatic carbocycles. The third-order valence-electron chi connectivity index (χ3n) is 4.05. The number of anilines is 1. The number of nitrogens with one attached hydrogen (secondary N) is 1. The smallest absolute Gasteiger partial charge is 0.264 e. The Morgan fingerprint density at radius 1 is 1.07 bits per heavy atom. The molecular weight excluding hydrogens is 404 g/mol. The lowest BCUT2D eigenvalue weighted by atomic mass is 10.3. The molecular formula is C21H20N4O4S. The summed E-state index contributed by atoms with van der Waals surface area (Å²) in [5.41, 5.74) is 3.22. The van der Waals surface area contributed by atoms with Crippen LogP contribution >= 0.6 is 0 Å². The minimum absolute atomic E-state index is 0.0746. The second kappa shape index (κ2) is 9.66. The van der Waals surface area contributed by atoms with Crippen LogP contribution in [-0.4, -0.2) is 39.2 Å². The van der Waals surface area contributed by atoms with Crippen molar-refractivity contribution in [3.8, 4) is 5.75 Å². The molecule has 9 heteroatoms. The maximum absolute atomic E-state index is 13.2. The molecule has 1 N–H and O–H groups in total. The summed E-state index contributed by atoms with van der Waals surface area (Å²) in [4.78, 5) is 16.6. The van der Waals surface area contributed by atoms with Crippen LogP contribution < -0.4 is 14.5 Å². The molecule has 0 radical (unpaired) electrons. The Bertz CT molecular complexity index is 1100. The van der Waals surface area contributed by atoms with E-state index in [0.717, 1.165) is 4.31 Å². The number of methoxy groups -OCH3 is 1. The first-order valence-electron chi connectivity index (χ1n) is 8.95. The Morgan fingerprint density at radius 3 is 2.40 bits per heavy atom. The van der Waals surface area contributed by atoms with Crippen LogP contribution in [0.15, 0.2) is 89.0 Å². The van der Waals surface area contributed by atoms with Gasteiger partial charge in [0.2, 0.25) is 0 Å². The molecule has 0 bridgehead atoms. The number of aromatic nitrogens is 1. The van der Waals surface area contributed by atoms with Crippen LogP contribution in [0.25, 0.3) is 0 Å². The predicted molar refractivity (Wildman–Crippen MR) is 114 cm³/mol. The fourth-order valence-electron chi connectivity index (χ4n) is 2.57. The van der Waals surface area contributed by atoms with E-state index in [2.05, 4.69) is 15.5 Å². The van der Waals surface area contributed by atoms with E-state index in [1.54, 1.807) is 66.9 Å². The van der Waals surface area contributed by atoms with Gasteiger partial charge < -0.3 is 4.74 Å². The van der Waals surface area contributed by atoms with Crippen LogP contribution in [0.5, 0.6) is 5.75 Å². The number of amides is 1. The van der Waals surface area contributed by atoms with Crippen molar-refractivity contribution in [3.05, 3.63) is 84.7 Å². The number of rotatable bonds is 8. The number of nitrogens with zero attached hydrogens (tertiary/aromatic N) is 3. The normalized spacial score (nSPS) is 11.2. The van der Waals surface area contributed by atoms with Gasteiger partial charge in [0.25, 0.3) is 15.9 Å². The number of ether oxygens (including phenoxy) is 1. The van der Waals surface area contributed by atoms with Gasteiger partial charge >= 0.3 is 0 Å². The van der Waals surface area contributed by atoms with Gasteiger partial charge in [0.05, 0.1) is 29.6 Å². The molecule has 0 saturated carbocycles. The van der Waals surface area contributed by atoms with E-state index >= 15 is 0 Å². The molecule has 8 nitrogen and oxygen atoms in total. The number of hydrazone groups is 1. The average molecular weight is 424 g/mol. The summed E-state index contributed by atoms with van der Waals surface area (Å²) in [6.07, 6.45) is 2.97. The number of hydrogen-bond donors (Lipinski definition) is 1. The van der Waals surface area contributed by atoms with E-state index in [1.165, 1.54) is 25.5 Å². The maximum Gasteiger partial charge on any atom is 0.264 e. The number of benzene rings is 2. The first-order valence-corrected chi connectivity index (χ1v) is 10.4. The summed E-state index contributed by atoms with van der Waals surface area (Å²) in [6.45, 7) is -0.455. The van der Waals surface area contributed by atoms with Gasteiger partial charge in [0, 0.05) is 6.20 Å². The SMILES string of the molecule is COc1ccc(N(CC(=O)N/N=C\c2ccccn2)S(=O)(=O)c2ccccc2)cc1. The Labute approximate surface area is 174 Å². The lowest BCUT2D eigenvalue weighted by Crippen LogP contribution is -2.39. The summed E-state index contributed by atoms with van der Waals surface area (Å²) >= 11 is 0. The maximum atomic E-state index is 13.2. The van der Waals surface area contributed by atoms with Crippen molar-refractivity contribution in [2.45, 2.75) is 4.90 Å². The van der Waals surface area contributed by atoms with E-state index in [0.29, 0.717) is 17.1 Å². The Kier molecular flexibility index (Phi) is 6.76. The summed E-state index contributed by atoms with van der Waals surface area (Å²) < 4.78 is 32.5. The van der Waals surface area contributed by atoms with Gasteiger partial charge in [-0.3, -0.25) is 14.1 Å².